The number of hydrogen-bond acceptors (Lipinski definition) is 4. The predicted octanol–water partition coefficient (Wildman–Crippen LogP) is 2.46. The van der Waals surface area contributed by atoms with Crippen LogP contribution in [0.25, 0.3) is 0 Å². The number of carbonyl (C=O) groups is 1. The van der Waals surface area contributed by atoms with E-state index in [9.17, 15) is 4.79 Å². The van der Waals surface area contributed by atoms with E-state index >= 15 is 0 Å². The Hall–Kier alpha value is -0.650. The molecule has 5 heteroatoms. The normalized spacial score (nSPS) is 10.5. The second-order valence-electron chi connectivity index (χ2n) is 4.52. The molecule has 0 aromatic heterocycles. The first-order chi connectivity index (χ1) is 9.72. The lowest BCUT2D eigenvalue weighted by atomic mass is 10.2. The quantitative estimate of drug-likeness (QED) is 0.652. The first-order valence-corrected chi connectivity index (χ1v) is 9.12. The molecule has 0 spiro atoms. The van der Waals surface area contributed by atoms with E-state index in [1.807, 2.05) is 0 Å². The van der Waals surface area contributed by atoms with E-state index in [0.29, 0.717) is 12.3 Å². The van der Waals surface area contributed by atoms with E-state index in [0.717, 1.165) is 23.7 Å². The molecule has 0 aliphatic heterocycles. The zero-order valence-electron chi connectivity index (χ0n) is 11.9. The van der Waals surface area contributed by atoms with Crippen LogP contribution in [0.4, 0.5) is 0 Å². The second kappa shape index (κ2) is 11.1. The summed E-state index contributed by atoms with van der Waals surface area (Å²) in [4.78, 5) is 11.6. The highest BCUT2D eigenvalue weighted by Gasteiger charge is 2.01. The summed E-state index contributed by atoms with van der Waals surface area (Å²) in [5, 5.41) is 11.5. The Morgan fingerprint density at radius 1 is 1.20 bits per heavy atom. The van der Waals surface area contributed by atoms with Gasteiger partial charge in [0.25, 0.3) is 0 Å². The summed E-state index contributed by atoms with van der Waals surface area (Å²) in [6.07, 6.45) is 0.824. The molecule has 1 aromatic carbocycles. The molecule has 0 radical (unpaired) electrons. The van der Waals surface area contributed by atoms with Crippen molar-refractivity contribution < 1.29 is 9.90 Å². The zero-order valence-corrected chi connectivity index (χ0v) is 13.6. The van der Waals surface area contributed by atoms with Gasteiger partial charge in [0.05, 0.1) is 5.75 Å². The van der Waals surface area contributed by atoms with Gasteiger partial charge in [-0.1, -0.05) is 29.8 Å². The highest BCUT2D eigenvalue weighted by atomic mass is 32.2. The topological polar surface area (TPSA) is 49.3 Å². The van der Waals surface area contributed by atoms with Crippen LogP contribution in [-0.4, -0.2) is 41.4 Å². The summed E-state index contributed by atoms with van der Waals surface area (Å²) in [6.45, 7) is 3.03. The van der Waals surface area contributed by atoms with Gasteiger partial charge in [0.2, 0.25) is 5.91 Å². The Balaban J connectivity index is 2.01. The smallest absolute Gasteiger partial charge is 0.230 e. The Labute approximate surface area is 129 Å². The standard InChI is InChI=1S/C15H23NO2S2/c1-13-3-5-14(6-4-13)11-20-12-15(18)16-7-10-19-9-2-8-17/h3-6,17H,2,7-12H2,1H3,(H,16,18). The number of thioether (sulfide) groups is 2. The highest BCUT2D eigenvalue weighted by Crippen LogP contribution is 2.12. The summed E-state index contributed by atoms with van der Waals surface area (Å²) < 4.78 is 0. The van der Waals surface area contributed by atoms with Crippen LogP contribution in [0.2, 0.25) is 0 Å². The summed E-state index contributed by atoms with van der Waals surface area (Å²) in [6, 6.07) is 8.41. The monoisotopic (exact) mass is 313 g/mol. The van der Waals surface area contributed by atoms with Gasteiger partial charge in [0, 0.05) is 24.7 Å². The van der Waals surface area contributed by atoms with E-state index in [-0.39, 0.29) is 12.5 Å². The SMILES string of the molecule is Cc1ccc(CSCC(=O)NCCSCCCO)cc1. The van der Waals surface area contributed by atoms with Gasteiger partial charge in [-0.3, -0.25) is 4.79 Å². The molecule has 0 bridgehead atoms. The fourth-order valence-corrected chi connectivity index (χ4v) is 3.13. The van der Waals surface area contributed by atoms with Crippen molar-refractivity contribution in [2.45, 2.75) is 19.1 Å². The Bertz CT molecular complexity index is 382. The first kappa shape index (κ1) is 17.4. The third kappa shape index (κ3) is 8.51. The predicted molar refractivity (Wildman–Crippen MR) is 89.4 cm³/mol. The maximum absolute atomic E-state index is 11.6. The van der Waals surface area contributed by atoms with E-state index in [2.05, 4.69) is 36.5 Å². The van der Waals surface area contributed by atoms with E-state index in [1.165, 1.54) is 11.1 Å². The van der Waals surface area contributed by atoms with Crippen molar-refractivity contribution in [3.8, 4) is 0 Å². The van der Waals surface area contributed by atoms with Crippen LogP contribution in [0.3, 0.4) is 0 Å². The highest BCUT2D eigenvalue weighted by molar-refractivity contribution is 7.99. The van der Waals surface area contributed by atoms with Gasteiger partial charge >= 0.3 is 0 Å². The molecule has 0 heterocycles. The summed E-state index contributed by atoms with van der Waals surface area (Å²) in [7, 11) is 0. The fraction of sp³-hybridized carbons (Fsp3) is 0.533. The van der Waals surface area contributed by atoms with E-state index < -0.39 is 0 Å². The number of aliphatic hydroxyl groups excluding tert-OH is 1. The largest absolute Gasteiger partial charge is 0.396 e. The van der Waals surface area contributed by atoms with Crippen molar-refractivity contribution in [3.05, 3.63) is 35.4 Å². The zero-order chi connectivity index (χ0) is 14.6. The van der Waals surface area contributed by atoms with E-state index in [4.69, 9.17) is 5.11 Å². The third-order valence-electron chi connectivity index (χ3n) is 2.64. The molecule has 0 aliphatic rings. The number of carbonyl (C=O) groups excluding carboxylic acids is 1. The number of benzene rings is 1. The minimum Gasteiger partial charge on any atom is -0.396 e. The van der Waals surface area contributed by atoms with Gasteiger partial charge < -0.3 is 10.4 Å². The lowest BCUT2D eigenvalue weighted by Gasteiger charge is -2.05. The molecule has 3 nitrogen and oxygen atoms in total. The molecule has 0 atom stereocenters. The third-order valence-corrected chi connectivity index (χ3v) is 4.71. The number of amides is 1. The van der Waals surface area contributed by atoms with Crippen LogP contribution in [0.15, 0.2) is 24.3 Å². The molecule has 1 aromatic rings. The van der Waals surface area contributed by atoms with E-state index in [1.54, 1.807) is 23.5 Å². The summed E-state index contributed by atoms with van der Waals surface area (Å²) >= 11 is 3.40. The molecule has 0 saturated carbocycles. The minimum atomic E-state index is 0.102. The van der Waals surface area contributed by atoms with Crippen molar-refractivity contribution in [2.75, 3.05) is 30.4 Å². The van der Waals surface area contributed by atoms with Crippen molar-refractivity contribution in [3.63, 3.8) is 0 Å². The molecule has 1 amide bonds. The molecular weight excluding hydrogens is 290 g/mol. The number of nitrogens with one attached hydrogen (secondary N) is 1. The maximum Gasteiger partial charge on any atom is 0.230 e. The number of hydrogen-bond donors (Lipinski definition) is 2. The van der Waals surface area contributed by atoms with Gasteiger partial charge in [-0.2, -0.15) is 11.8 Å². The Morgan fingerprint density at radius 2 is 1.95 bits per heavy atom. The van der Waals surface area contributed by atoms with Crippen molar-refractivity contribution in [2.24, 2.45) is 0 Å². The maximum atomic E-state index is 11.6. The minimum absolute atomic E-state index is 0.102. The molecule has 0 fully saturated rings. The van der Waals surface area contributed by atoms with Gasteiger partial charge in [-0.05, 0) is 24.7 Å². The van der Waals surface area contributed by atoms with Crippen LogP contribution < -0.4 is 5.32 Å². The van der Waals surface area contributed by atoms with Crippen molar-refractivity contribution in [1.82, 2.24) is 5.32 Å². The average molecular weight is 313 g/mol. The van der Waals surface area contributed by atoms with Gasteiger partial charge in [0.1, 0.15) is 0 Å². The molecule has 0 aliphatic carbocycles. The van der Waals surface area contributed by atoms with Crippen molar-refractivity contribution >= 4 is 29.4 Å². The first-order valence-electron chi connectivity index (χ1n) is 6.81. The Kier molecular flexibility index (Phi) is 9.62. The number of aliphatic hydroxyl groups is 1. The van der Waals surface area contributed by atoms with Gasteiger partial charge in [-0.15, -0.1) is 11.8 Å². The second-order valence-corrected chi connectivity index (χ2v) is 6.73. The number of rotatable bonds is 10. The Morgan fingerprint density at radius 3 is 2.65 bits per heavy atom. The number of aryl methyl sites for hydroxylation is 1. The molecule has 0 saturated heterocycles. The van der Waals surface area contributed by atoms with Crippen LogP contribution in [0, 0.1) is 6.92 Å². The lowest BCUT2D eigenvalue weighted by Crippen LogP contribution is -2.27. The molecular formula is C15H23NO2S2. The van der Waals surface area contributed by atoms with Crippen LogP contribution in [0.5, 0.6) is 0 Å². The summed E-state index contributed by atoms with van der Waals surface area (Å²) in [5.74, 6) is 3.35. The van der Waals surface area contributed by atoms with Gasteiger partial charge in [0.15, 0.2) is 0 Å². The average Bonchev–Trinajstić information content (AvgIpc) is 2.45. The van der Waals surface area contributed by atoms with Crippen molar-refractivity contribution in [1.29, 1.82) is 0 Å². The van der Waals surface area contributed by atoms with Crippen LogP contribution in [-0.2, 0) is 10.5 Å². The van der Waals surface area contributed by atoms with Crippen LogP contribution >= 0.6 is 23.5 Å². The molecule has 2 N–H and O–H groups in total. The molecule has 20 heavy (non-hydrogen) atoms. The molecule has 0 unspecified atom stereocenters. The fourth-order valence-electron chi connectivity index (χ4n) is 1.53. The molecule has 1 rings (SSSR count). The summed E-state index contributed by atoms with van der Waals surface area (Å²) in [5.41, 5.74) is 2.52. The van der Waals surface area contributed by atoms with Gasteiger partial charge in [-0.25, -0.2) is 0 Å². The van der Waals surface area contributed by atoms with Crippen LogP contribution in [0.1, 0.15) is 17.5 Å². The molecule has 112 valence electrons. The lowest BCUT2D eigenvalue weighted by molar-refractivity contribution is -0.118.